The fraction of sp³-hybridized carbons (Fsp3) is 0.542. The highest BCUT2D eigenvalue weighted by Crippen LogP contribution is 2.41. The van der Waals surface area contributed by atoms with Gasteiger partial charge in [0.1, 0.15) is 0 Å². The first-order chi connectivity index (χ1) is 14.8. The molecule has 1 unspecified atom stereocenters. The van der Waals surface area contributed by atoms with E-state index in [1.165, 1.54) is 11.1 Å². The number of ether oxygens (including phenoxy) is 1. The number of H-pyrrole nitrogens is 1. The number of hydrogen-bond donors (Lipinski definition) is 2. The van der Waals surface area contributed by atoms with Crippen molar-refractivity contribution in [3.63, 3.8) is 0 Å². The lowest BCUT2D eigenvalue weighted by atomic mass is 9.71. The smallest absolute Gasteiger partial charge is 0.255 e. The Balaban J connectivity index is 1.41. The number of nitrogens with zero attached hydrogens (tertiary/aromatic N) is 2. The third-order valence-corrected chi connectivity index (χ3v) is 6.58. The molecule has 1 fully saturated rings. The van der Waals surface area contributed by atoms with Gasteiger partial charge in [0.15, 0.2) is 0 Å². The van der Waals surface area contributed by atoms with Crippen LogP contribution in [0.3, 0.4) is 0 Å². The van der Waals surface area contributed by atoms with Gasteiger partial charge in [0.25, 0.3) is 5.56 Å². The van der Waals surface area contributed by atoms with E-state index in [0.717, 1.165) is 12.8 Å². The van der Waals surface area contributed by atoms with Crippen LogP contribution in [0.2, 0.25) is 0 Å². The summed E-state index contributed by atoms with van der Waals surface area (Å²) in [7, 11) is 0. The molecular formula is C24H32N4O3. The molecule has 7 heteroatoms. The van der Waals surface area contributed by atoms with Crippen molar-refractivity contribution >= 4 is 11.9 Å². The molecule has 7 nitrogen and oxygen atoms in total. The first-order valence-electron chi connectivity index (χ1n) is 11.2. The van der Waals surface area contributed by atoms with Gasteiger partial charge >= 0.3 is 0 Å². The quantitative estimate of drug-likeness (QED) is 0.771. The van der Waals surface area contributed by atoms with Gasteiger partial charge in [-0.1, -0.05) is 38.1 Å². The largest absolute Gasteiger partial charge is 0.378 e. The number of carbonyl (C=O) groups excluding carboxylic acids is 1. The van der Waals surface area contributed by atoms with Crippen molar-refractivity contribution in [1.82, 2.24) is 15.3 Å². The molecule has 1 saturated heterocycles. The number of benzene rings is 1. The van der Waals surface area contributed by atoms with Crippen LogP contribution in [-0.4, -0.2) is 42.2 Å². The Morgan fingerprint density at radius 1 is 1.29 bits per heavy atom. The van der Waals surface area contributed by atoms with Crippen molar-refractivity contribution in [2.75, 3.05) is 31.2 Å². The fourth-order valence-corrected chi connectivity index (χ4v) is 4.68. The number of aryl methyl sites for hydroxylation is 1. The number of hydrogen-bond acceptors (Lipinski definition) is 5. The molecule has 166 valence electrons. The SMILES string of the molecule is Cc1nc(N2CCOCC2)[nH]c(=O)c1CCC(=O)NC1CCC(C)(C)c2ccccc21. The normalized spacial score (nSPS) is 20.2. The number of anilines is 1. The number of amides is 1. The maximum absolute atomic E-state index is 12.7. The van der Waals surface area contributed by atoms with Crippen molar-refractivity contribution in [2.24, 2.45) is 0 Å². The molecule has 1 aliphatic heterocycles. The average molecular weight is 425 g/mol. The third-order valence-electron chi connectivity index (χ3n) is 6.58. The Morgan fingerprint density at radius 2 is 2.03 bits per heavy atom. The average Bonchev–Trinajstić information content (AvgIpc) is 2.76. The van der Waals surface area contributed by atoms with Crippen LogP contribution in [-0.2, 0) is 21.4 Å². The molecule has 2 aliphatic rings. The summed E-state index contributed by atoms with van der Waals surface area (Å²) in [4.78, 5) is 34.9. The summed E-state index contributed by atoms with van der Waals surface area (Å²) >= 11 is 0. The van der Waals surface area contributed by atoms with Crippen molar-refractivity contribution in [1.29, 1.82) is 0 Å². The van der Waals surface area contributed by atoms with E-state index in [1.807, 2.05) is 17.9 Å². The zero-order chi connectivity index (χ0) is 22.0. The molecule has 2 aromatic rings. The number of morpholine rings is 1. The molecule has 0 saturated carbocycles. The van der Waals surface area contributed by atoms with Gasteiger partial charge in [0, 0.05) is 30.8 Å². The van der Waals surface area contributed by atoms with Crippen molar-refractivity contribution < 1.29 is 9.53 Å². The van der Waals surface area contributed by atoms with Crippen LogP contribution in [0, 0.1) is 6.92 Å². The predicted molar refractivity (Wildman–Crippen MR) is 121 cm³/mol. The lowest BCUT2D eigenvalue weighted by Crippen LogP contribution is -2.39. The monoisotopic (exact) mass is 424 g/mol. The van der Waals surface area contributed by atoms with E-state index in [2.05, 4.69) is 47.3 Å². The Bertz CT molecular complexity index is 1010. The van der Waals surface area contributed by atoms with Crippen molar-refractivity contribution in [3.8, 4) is 0 Å². The second-order valence-electron chi connectivity index (χ2n) is 9.18. The van der Waals surface area contributed by atoms with E-state index < -0.39 is 0 Å². The standard InChI is InChI=1S/C24H32N4O3/c1-16-17(22(30)27-23(25-16)28-12-14-31-15-13-28)8-9-21(29)26-20-10-11-24(2,3)19-7-5-4-6-18(19)20/h4-7,20H,8-15H2,1-3H3,(H,26,29)(H,25,27,30). The number of aromatic nitrogens is 2. The number of carbonyl (C=O) groups is 1. The molecule has 0 bridgehead atoms. The molecule has 1 aliphatic carbocycles. The zero-order valence-electron chi connectivity index (χ0n) is 18.7. The minimum Gasteiger partial charge on any atom is -0.378 e. The summed E-state index contributed by atoms with van der Waals surface area (Å²) in [6.45, 7) is 9.04. The van der Waals surface area contributed by atoms with Gasteiger partial charge in [-0.25, -0.2) is 4.98 Å². The van der Waals surface area contributed by atoms with E-state index in [1.54, 1.807) is 0 Å². The first kappa shape index (κ1) is 21.6. The Morgan fingerprint density at radius 3 is 2.77 bits per heavy atom. The topological polar surface area (TPSA) is 87.3 Å². The first-order valence-corrected chi connectivity index (χ1v) is 11.2. The molecule has 2 N–H and O–H groups in total. The summed E-state index contributed by atoms with van der Waals surface area (Å²) in [5, 5.41) is 3.19. The highest BCUT2D eigenvalue weighted by atomic mass is 16.5. The van der Waals surface area contributed by atoms with Crippen molar-refractivity contribution in [2.45, 2.75) is 57.9 Å². The minimum absolute atomic E-state index is 0.0259. The molecule has 1 aromatic heterocycles. The van der Waals surface area contributed by atoms with Crippen molar-refractivity contribution in [3.05, 3.63) is 57.0 Å². The minimum atomic E-state index is -0.161. The van der Waals surface area contributed by atoms with Crippen LogP contribution in [0.5, 0.6) is 0 Å². The second-order valence-corrected chi connectivity index (χ2v) is 9.18. The number of aromatic amines is 1. The van der Waals surface area contributed by atoms with Gasteiger partial charge in [-0.15, -0.1) is 0 Å². The van der Waals surface area contributed by atoms with Crippen LogP contribution < -0.4 is 15.8 Å². The lowest BCUT2D eigenvalue weighted by Gasteiger charge is -2.37. The molecule has 1 amide bonds. The summed E-state index contributed by atoms with van der Waals surface area (Å²) in [5.74, 6) is 0.552. The highest BCUT2D eigenvalue weighted by molar-refractivity contribution is 5.77. The van der Waals surface area contributed by atoms with Gasteiger partial charge in [0.2, 0.25) is 11.9 Å². The molecule has 0 spiro atoms. The van der Waals surface area contributed by atoms with Gasteiger partial charge in [0.05, 0.1) is 19.3 Å². The molecule has 1 atom stereocenters. The van der Waals surface area contributed by atoms with Crippen LogP contribution in [0.15, 0.2) is 29.1 Å². The van der Waals surface area contributed by atoms with E-state index in [-0.39, 0.29) is 29.3 Å². The maximum Gasteiger partial charge on any atom is 0.255 e. The number of fused-ring (bicyclic) bond motifs is 1. The number of nitrogens with one attached hydrogen (secondary N) is 2. The molecule has 1 aromatic carbocycles. The Hall–Kier alpha value is -2.67. The van der Waals surface area contributed by atoms with E-state index in [4.69, 9.17) is 4.74 Å². The van der Waals surface area contributed by atoms with Crippen LogP contribution in [0.1, 0.15) is 61.5 Å². The second kappa shape index (κ2) is 8.83. The molecule has 4 rings (SSSR count). The number of rotatable bonds is 5. The molecule has 2 heterocycles. The van der Waals surface area contributed by atoms with Gasteiger partial charge in [-0.2, -0.15) is 0 Å². The fourth-order valence-electron chi connectivity index (χ4n) is 4.68. The zero-order valence-corrected chi connectivity index (χ0v) is 18.7. The summed E-state index contributed by atoms with van der Waals surface area (Å²) < 4.78 is 5.36. The molecular weight excluding hydrogens is 392 g/mol. The predicted octanol–water partition coefficient (Wildman–Crippen LogP) is 2.78. The highest BCUT2D eigenvalue weighted by Gasteiger charge is 2.32. The Kier molecular flexibility index (Phi) is 6.14. The van der Waals surface area contributed by atoms with Crippen LogP contribution in [0.25, 0.3) is 0 Å². The maximum atomic E-state index is 12.7. The summed E-state index contributed by atoms with van der Waals surface area (Å²) in [5.41, 5.74) is 3.74. The van der Waals surface area contributed by atoms with Gasteiger partial charge < -0.3 is 15.0 Å². The third kappa shape index (κ3) is 4.66. The summed E-state index contributed by atoms with van der Waals surface area (Å²) in [6.07, 6.45) is 2.60. The van der Waals surface area contributed by atoms with E-state index in [0.29, 0.717) is 49.9 Å². The van der Waals surface area contributed by atoms with Gasteiger partial charge in [-0.3, -0.25) is 14.6 Å². The van der Waals surface area contributed by atoms with E-state index >= 15 is 0 Å². The van der Waals surface area contributed by atoms with Crippen LogP contribution >= 0.6 is 0 Å². The van der Waals surface area contributed by atoms with Gasteiger partial charge in [-0.05, 0) is 42.7 Å². The molecule has 31 heavy (non-hydrogen) atoms. The van der Waals surface area contributed by atoms with E-state index in [9.17, 15) is 9.59 Å². The summed E-state index contributed by atoms with van der Waals surface area (Å²) in [6, 6.07) is 8.40. The Labute approximate surface area is 183 Å². The lowest BCUT2D eigenvalue weighted by molar-refractivity contribution is -0.122. The molecule has 0 radical (unpaired) electrons. The van der Waals surface area contributed by atoms with Crippen LogP contribution in [0.4, 0.5) is 5.95 Å².